The first-order valence-corrected chi connectivity index (χ1v) is 12.5. The number of nitrogens with one attached hydrogen (secondary N) is 3. The summed E-state index contributed by atoms with van der Waals surface area (Å²) in [5, 5.41) is 5.36. The summed E-state index contributed by atoms with van der Waals surface area (Å²) in [6.07, 6.45) is 5.81. The highest BCUT2D eigenvalue weighted by atomic mass is 32.2. The van der Waals surface area contributed by atoms with E-state index < -0.39 is 21.6 Å². The molecule has 1 unspecified atom stereocenters. The van der Waals surface area contributed by atoms with Crippen molar-refractivity contribution in [1.29, 1.82) is 0 Å². The summed E-state index contributed by atoms with van der Waals surface area (Å²) in [7, 11) is -3.53. The molecule has 2 fully saturated rings. The first-order valence-electron chi connectivity index (χ1n) is 10.9. The molecule has 3 N–H and O–H groups in total. The number of hydrogen-bond donors (Lipinski definition) is 3. The van der Waals surface area contributed by atoms with Crippen LogP contribution in [0, 0.1) is 5.92 Å². The second-order valence-corrected chi connectivity index (χ2v) is 10.9. The number of aromatic nitrogens is 1. The summed E-state index contributed by atoms with van der Waals surface area (Å²) in [5.74, 6) is -0.0718. The van der Waals surface area contributed by atoms with Crippen molar-refractivity contribution >= 4 is 21.8 Å². The molecule has 172 valence electrons. The maximum absolute atomic E-state index is 12.6. The molecule has 0 spiro atoms. The molecule has 3 rings (SSSR count). The molecular weight excluding hydrogens is 420 g/mol. The van der Waals surface area contributed by atoms with E-state index in [0.717, 1.165) is 18.4 Å². The molecule has 10 heteroatoms. The average molecular weight is 453 g/mol. The highest BCUT2D eigenvalue weighted by molar-refractivity contribution is 7.89. The zero-order valence-electron chi connectivity index (χ0n) is 18.1. The molecule has 1 saturated carbocycles. The van der Waals surface area contributed by atoms with Crippen LogP contribution in [0.25, 0.3) is 0 Å². The molecular formula is C21H32N4O5S. The van der Waals surface area contributed by atoms with Crippen LogP contribution in [-0.4, -0.2) is 43.1 Å². The molecule has 2 aliphatic rings. The van der Waals surface area contributed by atoms with Gasteiger partial charge in [-0.3, -0.25) is 19.7 Å². The lowest BCUT2D eigenvalue weighted by Crippen LogP contribution is -2.50. The lowest BCUT2D eigenvalue weighted by atomic mass is 9.97. The molecule has 31 heavy (non-hydrogen) atoms. The lowest BCUT2D eigenvalue weighted by Gasteiger charge is -2.27. The summed E-state index contributed by atoms with van der Waals surface area (Å²) in [6.45, 7) is 4.75. The van der Waals surface area contributed by atoms with Crippen molar-refractivity contribution in [3.63, 3.8) is 0 Å². The van der Waals surface area contributed by atoms with Gasteiger partial charge in [0.2, 0.25) is 21.8 Å². The summed E-state index contributed by atoms with van der Waals surface area (Å²) in [4.78, 5) is 34.9. The van der Waals surface area contributed by atoms with Crippen LogP contribution in [0.15, 0.2) is 23.1 Å². The molecule has 0 bridgehead atoms. The van der Waals surface area contributed by atoms with Crippen LogP contribution in [-0.2, 0) is 31.7 Å². The van der Waals surface area contributed by atoms with Gasteiger partial charge in [-0.25, -0.2) is 13.1 Å². The van der Waals surface area contributed by atoms with Gasteiger partial charge in [0.05, 0.1) is 17.3 Å². The minimum absolute atomic E-state index is 0.0326. The van der Waals surface area contributed by atoms with Gasteiger partial charge in [0.1, 0.15) is 0 Å². The fraction of sp³-hybridized carbons (Fsp3) is 0.667. The summed E-state index contributed by atoms with van der Waals surface area (Å²) >= 11 is 0. The maximum Gasteiger partial charge on any atom is 0.250 e. The van der Waals surface area contributed by atoms with Crippen LogP contribution in [0.1, 0.15) is 57.9 Å². The van der Waals surface area contributed by atoms with E-state index in [-0.39, 0.29) is 23.1 Å². The number of amides is 2. The minimum Gasteiger partial charge on any atom is -0.315 e. The number of pyridine rings is 1. The zero-order valence-corrected chi connectivity index (χ0v) is 19.0. The van der Waals surface area contributed by atoms with Crippen LogP contribution in [0.3, 0.4) is 0 Å². The third-order valence-corrected chi connectivity index (χ3v) is 7.38. The quantitative estimate of drug-likeness (QED) is 0.333. The summed E-state index contributed by atoms with van der Waals surface area (Å²) in [5.41, 5.74) is -0.170. The Morgan fingerprint density at radius 1 is 1.13 bits per heavy atom. The predicted octanol–water partition coefficient (Wildman–Crippen LogP) is 0.588. The number of piperidine rings is 1. The van der Waals surface area contributed by atoms with Gasteiger partial charge in [0.25, 0.3) is 5.56 Å². The van der Waals surface area contributed by atoms with E-state index in [1.807, 2.05) is 0 Å². The molecule has 0 aromatic carbocycles. The Hall–Kier alpha value is -2.04. The number of carbonyl (C=O) groups is 2. The number of unbranched alkanes of at least 4 members (excludes halogenated alkanes) is 1. The Bertz CT molecular complexity index is 982. The van der Waals surface area contributed by atoms with Gasteiger partial charge in [-0.15, -0.1) is 0 Å². The van der Waals surface area contributed by atoms with Crippen molar-refractivity contribution in [2.24, 2.45) is 5.92 Å². The van der Waals surface area contributed by atoms with Crippen molar-refractivity contribution in [1.82, 2.24) is 19.9 Å². The first-order chi connectivity index (χ1) is 14.6. The molecule has 1 aromatic heterocycles. The smallest absolute Gasteiger partial charge is 0.250 e. The molecule has 1 aromatic rings. The lowest BCUT2D eigenvalue weighted by molar-refractivity contribution is -0.134. The van der Waals surface area contributed by atoms with Crippen molar-refractivity contribution in [3.05, 3.63) is 34.2 Å². The molecule has 2 amide bonds. The minimum atomic E-state index is -3.53. The van der Waals surface area contributed by atoms with Crippen LogP contribution in [0.4, 0.5) is 0 Å². The van der Waals surface area contributed by atoms with Gasteiger partial charge in [0.15, 0.2) is 0 Å². The number of nitrogens with zero attached hydrogens (tertiary/aromatic N) is 1. The number of carbonyl (C=O) groups excluding carboxylic acids is 2. The largest absolute Gasteiger partial charge is 0.315 e. The highest BCUT2D eigenvalue weighted by Crippen LogP contribution is 2.30. The molecule has 9 nitrogen and oxygen atoms in total. The Morgan fingerprint density at radius 2 is 1.87 bits per heavy atom. The summed E-state index contributed by atoms with van der Waals surface area (Å²) < 4.78 is 29.6. The van der Waals surface area contributed by atoms with E-state index >= 15 is 0 Å². The monoisotopic (exact) mass is 452 g/mol. The molecule has 2 heterocycles. The van der Waals surface area contributed by atoms with Crippen LogP contribution in [0.2, 0.25) is 0 Å². The topological polar surface area (TPSA) is 126 Å². The van der Waals surface area contributed by atoms with Gasteiger partial charge in [-0.05, 0) is 64.0 Å². The molecule has 1 saturated heterocycles. The van der Waals surface area contributed by atoms with Gasteiger partial charge in [-0.2, -0.15) is 0 Å². The van der Waals surface area contributed by atoms with E-state index in [0.29, 0.717) is 44.7 Å². The second kappa shape index (κ2) is 9.62. The van der Waals surface area contributed by atoms with E-state index in [2.05, 4.69) is 15.4 Å². The van der Waals surface area contributed by atoms with E-state index in [9.17, 15) is 22.8 Å². The number of imide groups is 1. The molecule has 1 atom stereocenters. The van der Waals surface area contributed by atoms with Crippen LogP contribution < -0.4 is 20.9 Å². The fourth-order valence-electron chi connectivity index (χ4n) is 3.70. The normalized spacial score (nSPS) is 20.0. The van der Waals surface area contributed by atoms with E-state index in [1.54, 1.807) is 30.7 Å². The van der Waals surface area contributed by atoms with Gasteiger partial charge >= 0.3 is 0 Å². The Labute approximate surface area is 183 Å². The Kier molecular flexibility index (Phi) is 7.33. The first kappa shape index (κ1) is 23.6. The van der Waals surface area contributed by atoms with Crippen molar-refractivity contribution in [2.45, 2.75) is 70.5 Å². The van der Waals surface area contributed by atoms with Crippen molar-refractivity contribution in [2.75, 3.05) is 12.3 Å². The van der Waals surface area contributed by atoms with E-state index in [1.165, 1.54) is 6.07 Å². The zero-order chi connectivity index (χ0) is 22.6. The Morgan fingerprint density at radius 3 is 2.55 bits per heavy atom. The Balaban J connectivity index is 1.47. The van der Waals surface area contributed by atoms with Crippen molar-refractivity contribution < 1.29 is 18.0 Å². The fourth-order valence-corrected chi connectivity index (χ4v) is 5.28. The SMILES string of the molecule is CC(C)(NS(=O)(=O)CCCCNC1CCC(=O)NC1=O)c1ccc(=O)n(CC2CC2)c1. The highest BCUT2D eigenvalue weighted by Gasteiger charge is 2.29. The van der Waals surface area contributed by atoms with Crippen LogP contribution >= 0.6 is 0 Å². The average Bonchev–Trinajstić information content (AvgIpc) is 3.48. The van der Waals surface area contributed by atoms with Gasteiger partial charge in [0, 0.05) is 25.2 Å². The van der Waals surface area contributed by atoms with Gasteiger partial charge < -0.3 is 9.88 Å². The van der Waals surface area contributed by atoms with Crippen LogP contribution in [0.5, 0.6) is 0 Å². The third kappa shape index (κ3) is 6.98. The number of sulfonamides is 1. The maximum atomic E-state index is 12.6. The van der Waals surface area contributed by atoms with Gasteiger partial charge in [-0.1, -0.05) is 6.07 Å². The third-order valence-electron chi connectivity index (χ3n) is 5.74. The standard InChI is InChI=1S/C21H32N4O5S/c1-21(2,16-7-10-19(27)25(14-16)13-15-5-6-15)24-31(29,30)12-4-3-11-22-17-8-9-18(26)23-20(17)28/h7,10,14-15,17,22,24H,3-6,8-9,11-13H2,1-2H3,(H,23,26,28). The van der Waals surface area contributed by atoms with Crippen molar-refractivity contribution in [3.8, 4) is 0 Å². The summed E-state index contributed by atoms with van der Waals surface area (Å²) in [6, 6.07) is 2.77. The number of hydrogen-bond acceptors (Lipinski definition) is 6. The molecule has 1 aliphatic carbocycles. The molecule has 0 radical (unpaired) electrons. The van der Waals surface area contributed by atoms with E-state index in [4.69, 9.17) is 0 Å². The predicted molar refractivity (Wildman–Crippen MR) is 117 cm³/mol. The number of rotatable bonds is 11. The molecule has 1 aliphatic heterocycles. The second-order valence-electron chi connectivity index (χ2n) is 9.06.